The van der Waals surface area contributed by atoms with Crippen LogP contribution in [0.3, 0.4) is 0 Å². The van der Waals surface area contributed by atoms with E-state index >= 15 is 0 Å². The monoisotopic (exact) mass is 537 g/mol. The van der Waals surface area contributed by atoms with Gasteiger partial charge in [-0.2, -0.15) is 0 Å². The van der Waals surface area contributed by atoms with E-state index in [0.29, 0.717) is 0 Å². The third kappa shape index (κ3) is 4.70. The van der Waals surface area contributed by atoms with Crippen LogP contribution in [-0.4, -0.2) is 12.4 Å². The van der Waals surface area contributed by atoms with E-state index in [9.17, 15) is 0 Å². The van der Waals surface area contributed by atoms with Crippen LogP contribution in [0.15, 0.2) is 40.9 Å². The molecule has 0 atom stereocenters. The van der Waals surface area contributed by atoms with Crippen LogP contribution in [0.5, 0.6) is 0 Å². The molecule has 1 aliphatic rings. The molecule has 0 spiro atoms. The van der Waals surface area contributed by atoms with Gasteiger partial charge in [-0.05, 0) is 0 Å². The number of halogens is 3. The number of hydrogen-bond acceptors (Lipinski definition) is 1. The molecule has 6 heteroatoms. The fraction of sp³-hybridized carbons (Fsp3) is 0.368. The quantitative estimate of drug-likeness (QED) is 0.445. The van der Waals surface area contributed by atoms with Gasteiger partial charge in [0.15, 0.2) is 0 Å². The van der Waals surface area contributed by atoms with E-state index in [0.717, 1.165) is 6.42 Å². The van der Waals surface area contributed by atoms with Crippen molar-refractivity contribution in [3.63, 3.8) is 0 Å². The first-order valence-electron chi connectivity index (χ1n) is 8.24. The van der Waals surface area contributed by atoms with Crippen LogP contribution in [0.1, 0.15) is 31.9 Å². The molecule has 138 valence electrons. The minimum Gasteiger partial charge on any atom is -0.147 e. The van der Waals surface area contributed by atoms with Gasteiger partial charge in [-0.1, -0.05) is 0 Å². The summed E-state index contributed by atoms with van der Waals surface area (Å²) >= 11 is 0.653. The Morgan fingerprint density at radius 2 is 1.60 bits per heavy atom. The third-order valence-corrected chi connectivity index (χ3v) is 18.4. The van der Waals surface area contributed by atoms with E-state index in [4.69, 9.17) is 0 Å². The van der Waals surface area contributed by atoms with Crippen molar-refractivity contribution < 1.29 is 17.7 Å². The number of fused-ring (bicyclic) bond motifs is 3. The van der Waals surface area contributed by atoms with Crippen LogP contribution >= 0.6 is 40.7 Å². The maximum absolute atomic E-state index is 4.08. The molecule has 0 aromatic heterocycles. The van der Waals surface area contributed by atoms with Gasteiger partial charge < -0.3 is 0 Å². The summed E-state index contributed by atoms with van der Waals surface area (Å²) in [7, 11) is 0. The third-order valence-electron chi connectivity index (χ3n) is 4.51. The average Bonchev–Trinajstić information content (AvgIpc) is 2.71. The van der Waals surface area contributed by atoms with Crippen molar-refractivity contribution in [3.8, 4) is 11.1 Å². The molecular formula is C19H28BrCl2NSiZr. The zero-order valence-electron chi connectivity index (χ0n) is 15.6. The van der Waals surface area contributed by atoms with E-state index in [2.05, 4.69) is 92.5 Å². The van der Waals surface area contributed by atoms with Crippen molar-refractivity contribution in [1.29, 1.82) is 0 Å². The first-order valence-corrected chi connectivity index (χ1v) is 22.3. The smallest absolute Gasteiger partial charge is 0.147 e. The van der Waals surface area contributed by atoms with Gasteiger partial charge in [-0.15, -0.1) is 24.8 Å². The molecule has 0 saturated heterocycles. The molecule has 3 rings (SSSR count). The molecule has 0 fully saturated rings. The van der Waals surface area contributed by atoms with Crippen molar-refractivity contribution in [2.75, 3.05) is 0 Å². The predicted molar refractivity (Wildman–Crippen MR) is 120 cm³/mol. The van der Waals surface area contributed by atoms with Crippen molar-refractivity contribution in [2.45, 2.75) is 42.0 Å². The van der Waals surface area contributed by atoms with Gasteiger partial charge in [0.1, 0.15) is 0 Å². The molecule has 0 aliphatic heterocycles. The topological polar surface area (TPSA) is 12.0 Å². The van der Waals surface area contributed by atoms with Gasteiger partial charge in [0.2, 0.25) is 0 Å². The number of benzene rings is 2. The fourth-order valence-corrected chi connectivity index (χ4v) is 26.7. The Morgan fingerprint density at radius 3 is 2.20 bits per heavy atom. The van der Waals surface area contributed by atoms with Crippen LogP contribution in [0, 0.1) is 0 Å². The van der Waals surface area contributed by atoms with E-state index in [1.165, 1.54) is 21.2 Å². The Hall–Kier alpha value is 0.560. The van der Waals surface area contributed by atoms with E-state index < -0.39 is 17.7 Å². The molecule has 2 aromatic carbocycles. The Bertz CT molecular complexity index is 868. The first kappa shape index (κ1) is 23.6. The van der Waals surface area contributed by atoms with Gasteiger partial charge in [0, 0.05) is 0 Å². The molecule has 0 unspecified atom stereocenters. The summed E-state index contributed by atoms with van der Waals surface area (Å²) in [5.41, 5.74) is 5.99. The van der Waals surface area contributed by atoms with Gasteiger partial charge in [0.05, 0.1) is 0 Å². The average molecular weight is 541 g/mol. The molecule has 0 heterocycles. The van der Waals surface area contributed by atoms with E-state index in [1.807, 2.05) is 0 Å². The molecule has 0 saturated carbocycles. The first-order chi connectivity index (χ1) is 10.5. The fourth-order valence-electron chi connectivity index (χ4n) is 4.31. The van der Waals surface area contributed by atoms with Gasteiger partial charge in [0.25, 0.3) is 0 Å². The Balaban J connectivity index is 0.00000156. The minimum atomic E-state index is -3.24. The maximum atomic E-state index is 4.08. The standard InChI is InChI=1S/C13H8Br.C4H10N.2CH3.2ClH.H2Si.Zr/c14-11-5-6-13-10(8-11)7-9-3-1-2-4-12(9)13;1-4(2,3)5;;;;;;/h1-6H,7H2;5H,1-3H3;2*1H3;2*1H;1H2;/q;-1;;;;;;+1. The van der Waals surface area contributed by atoms with Crippen molar-refractivity contribution in [2.24, 2.45) is 0 Å². The summed E-state index contributed by atoms with van der Waals surface area (Å²) in [6.45, 7) is 9.11. The number of rotatable bonds is 2. The van der Waals surface area contributed by atoms with Crippen molar-refractivity contribution in [1.82, 2.24) is 3.26 Å². The molecule has 0 radical (unpaired) electrons. The number of nitrogens with one attached hydrogen (secondary N) is 1. The largest absolute Gasteiger partial charge is 0.147 e. The molecular weight excluding hydrogens is 512 g/mol. The van der Waals surface area contributed by atoms with Gasteiger partial charge >= 0.3 is 152 Å². The van der Waals surface area contributed by atoms with Crippen LogP contribution in [0.2, 0.25) is 9.26 Å². The van der Waals surface area contributed by atoms with Crippen molar-refractivity contribution in [3.05, 3.63) is 52.0 Å². The molecule has 1 aliphatic carbocycles. The van der Waals surface area contributed by atoms with Crippen molar-refractivity contribution >= 4 is 50.9 Å². The summed E-state index contributed by atoms with van der Waals surface area (Å²) < 4.78 is 12.0. The Kier molecular flexibility index (Phi) is 7.10. The Labute approximate surface area is 175 Å². The SMILES string of the molecule is CC(C)(C)[NH][Zr]([CH3])([CH3])(=[SiH2])[c]1c(Br)ccc2c1Cc1ccccc1-2.Cl.Cl. The summed E-state index contributed by atoms with van der Waals surface area (Å²) in [5.74, 6) is 0. The minimum absolute atomic E-state index is 0. The second-order valence-corrected chi connectivity index (χ2v) is 37.3. The van der Waals surface area contributed by atoms with Gasteiger partial charge in [-0.3, -0.25) is 0 Å². The molecule has 0 bridgehead atoms. The zero-order valence-corrected chi connectivity index (χ0v) is 22.7. The van der Waals surface area contributed by atoms with Crippen LogP contribution < -0.4 is 6.53 Å². The zero-order chi connectivity index (χ0) is 17.1. The molecule has 1 nitrogen and oxygen atoms in total. The molecule has 25 heavy (non-hydrogen) atoms. The number of hydrogen-bond donors (Lipinski definition) is 1. The molecule has 0 amide bonds. The van der Waals surface area contributed by atoms with Gasteiger partial charge in [-0.25, -0.2) is 0 Å². The second kappa shape index (κ2) is 7.53. The summed E-state index contributed by atoms with van der Waals surface area (Å²) in [6.07, 6.45) is 1.07. The maximum Gasteiger partial charge on any atom is -0.147 e. The summed E-state index contributed by atoms with van der Waals surface area (Å²) in [6, 6.07) is 13.4. The predicted octanol–water partition coefficient (Wildman–Crippen LogP) is 5.13. The second-order valence-electron chi connectivity index (χ2n) is 8.84. The molecule has 2 aromatic rings. The normalized spacial score (nSPS) is 13.4. The Morgan fingerprint density at radius 1 is 1.00 bits per heavy atom. The van der Waals surface area contributed by atoms with E-state index in [1.54, 1.807) is 8.83 Å². The van der Waals surface area contributed by atoms with Crippen LogP contribution in [0.25, 0.3) is 11.1 Å². The summed E-state index contributed by atoms with van der Waals surface area (Å²) in [4.78, 5) is 0. The molecule has 1 N–H and O–H groups in total. The van der Waals surface area contributed by atoms with Crippen LogP contribution in [0.4, 0.5) is 0 Å². The summed E-state index contributed by atoms with van der Waals surface area (Å²) in [5, 5.41) is 0. The van der Waals surface area contributed by atoms with Crippen LogP contribution in [-0.2, 0) is 24.1 Å². The van der Waals surface area contributed by atoms with E-state index in [-0.39, 0.29) is 30.4 Å².